The van der Waals surface area contributed by atoms with Crippen LogP contribution in [-0.2, 0) is 0 Å². The van der Waals surface area contributed by atoms with E-state index in [0.29, 0.717) is 11.6 Å². The highest BCUT2D eigenvalue weighted by Crippen LogP contribution is 2.08. The molecule has 2 aromatic heterocycles. The zero-order valence-corrected chi connectivity index (χ0v) is 8.98. The van der Waals surface area contributed by atoms with Gasteiger partial charge in [-0.1, -0.05) is 13.8 Å². The summed E-state index contributed by atoms with van der Waals surface area (Å²) in [6.07, 6.45) is 1.55. The van der Waals surface area contributed by atoms with Crippen LogP contribution in [0.4, 0.5) is 5.82 Å². The van der Waals surface area contributed by atoms with E-state index in [0.717, 1.165) is 0 Å². The Kier molecular flexibility index (Phi) is 2.67. The number of carbonyl (C=O) groups is 1. The van der Waals surface area contributed by atoms with Crippen molar-refractivity contribution in [3.05, 3.63) is 23.9 Å². The zero-order chi connectivity index (χ0) is 11.5. The predicted molar refractivity (Wildman–Crippen MR) is 57.0 cm³/mol. The summed E-state index contributed by atoms with van der Waals surface area (Å²) < 4.78 is 0. The standard InChI is InChI=1S/C9H12N6O/c1-5(2)7-12-8(15-14-7)9(16)11-6-3-4-10-13-6/h3-5H,1-2H3,(H,12,14,15)(H2,10,11,13,16). The number of rotatable bonds is 3. The van der Waals surface area contributed by atoms with Crippen molar-refractivity contribution in [1.82, 2.24) is 25.4 Å². The Bertz CT molecular complexity index is 472. The van der Waals surface area contributed by atoms with E-state index in [1.165, 1.54) is 0 Å². The fraction of sp³-hybridized carbons (Fsp3) is 0.333. The fourth-order valence-corrected chi connectivity index (χ4v) is 1.14. The molecule has 7 nitrogen and oxygen atoms in total. The van der Waals surface area contributed by atoms with E-state index in [1.54, 1.807) is 12.3 Å². The second-order valence-corrected chi connectivity index (χ2v) is 3.62. The van der Waals surface area contributed by atoms with Gasteiger partial charge in [-0.3, -0.25) is 15.0 Å². The molecule has 0 spiro atoms. The molecular formula is C9H12N6O. The molecular weight excluding hydrogens is 208 g/mol. The summed E-state index contributed by atoms with van der Waals surface area (Å²) in [6, 6.07) is 1.65. The number of anilines is 1. The molecule has 0 saturated carbocycles. The van der Waals surface area contributed by atoms with Crippen molar-refractivity contribution in [2.45, 2.75) is 19.8 Å². The predicted octanol–water partition coefficient (Wildman–Crippen LogP) is 0.903. The second-order valence-electron chi connectivity index (χ2n) is 3.62. The summed E-state index contributed by atoms with van der Waals surface area (Å²) in [6.45, 7) is 3.94. The van der Waals surface area contributed by atoms with Crippen LogP contribution in [0.2, 0.25) is 0 Å². The van der Waals surface area contributed by atoms with E-state index < -0.39 is 0 Å². The Hall–Kier alpha value is -2.18. The second kappa shape index (κ2) is 4.13. The number of aromatic nitrogens is 5. The number of nitrogens with one attached hydrogen (secondary N) is 3. The van der Waals surface area contributed by atoms with Gasteiger partial charge in [0.05, 0.1) is 6.20 Å². The Balaban J connectivity index is 2.09. The maximum Gasteiger partial charge on any atom is 0.296 e. The minimum atomic E-state index is -0.368. The third-order valence-corrected chi connectivity index (χ3v) is 2.00. The summed E-state index contributed by atoms with van der Waals surface area (Å²) in [5.74, 6) is 1.17. The van der Waals surface area contributed by atoms with Crippen LogP contribution in [0.15, 0.2) is 12.3 Å². The number of hydrogen-bond acceptors (Lipinski definition) is 4. The van der Waals surface area contributed by atoms with E-state index >= 15 is 0 Å². The van der Waals surface area contributed by atoms with E-state index in [1.807, 2.05) is 13.8 Å². The summed E-state index contributed by atoms with van der Waals surface area (Å²) >= 11 is 0. The van der Waals surface area contributed by atoms with E-state index in [4.69, 9.17) is 0 Å². The lowest BCUT2D eigenvalue weighted by molar-refractivity contribution is 0.101. The van der Waals surface area contributed by atoms with Gasteiger partial charge < -0.3 is 5.32 Å². The lowest BCUT2D eigenvalue weighted by atomic mass is 10.2. The summed E-state index contributed by atoms with van der Waals surface area (Å²) in [5.41, 5.74) is 0. The van der Waals surface area contributed by atoms with E-state index in [2.05, 4.69) is 30.7 Å². The molecule has 2 aromatic rings. The number of H-pyrrole nitrogens is 2. The molecule has 0 aliphatic carbocycles. The van der Waals surface area contributed by atoms with Crippen molar-refractivity contribution in [3.63, 3.8) is 0 Å². The van der Waals surface area contributed by atoms with Gasteiger partial charge in [0, 0.05) is 12.0 Å². The van der Waals surface area contributed by atoms with Crippen molar-refractivity contribution in [2.75, 3.05) is 5.32 Å². The van der Waals surface area contributed by atoms with Crippen LogP contribution in [0.5, 0.6) is 0 Å². The monoisotopic (exact) mass is 220 g/mol. The van der Waals surface area contributed by atoms with Gasteiger partial charge in [-0.2, -0.15) is 5.10 Å². The van der Waals surface area contributed by atoms with Gasteiger partial charge in [-0.15, -0.1) is 5.10 Å². The summed E-state index contributed by atoms with van der Waals surface area (Å²) in [4.78, 5) is 15.7. The average Bonchev–Trinajstić information content (AvgIpc) is 2.86. The fourth-order valence-electron chi connectivity index (χ4n) is 1.14. The first kappa shape index (κ1) is 10.3. The number of carbonyl (C=O) groups excluding carboxylic acids is 1. The van der Waals surface area contributed by atoms with Gasteiger partial charge >= 0.3 is 0 Å². The molecule has 84 valence electrons. The Morgan fingerprint density at radius 3 is 2.81 bits per heavy atom. The maximum atomic E-state index is 11.6. The average molecular weight is 220 g/mol. The van der Waals surface area contributed by atoms with E-state index in [9.17, 15) is 4.79 Å². The molecule has 0 saturated heterocycles. The minimum Gasteiger partial charge on any atom is -0.304 e. The minimum absolute atomic E-state index is 0.123. The first-order valence-corrected chi connectivity index (χ1v) is 4.90. The summed E-state index contributed by atoms with van der Waals surface area (Å²) in [7, 11) is 0. The lowest BCUT2D eigenvalue weighted by Gasteiger charge is -1.97. The van der Waals surface area contributed by atoms with Crippen LogP contribution in [0.3, 0.4) is 0 Å². The SMILES string of the molecule is CC(C)c1nc(C(=O)Nc2ccn[nH]2)n[nH]1. The van der Waals surface area contributed by atoms with Gasteiger partial charge in [-0.25, -0.2) is 4.98 Å². The molecule has 0 aliphatic heterocycles. The molecule has 0 aliphatic rings. The largest absolute Gasteiger partial charge is 0.304 e. The van der Waals surface area contributed by atoms with Crippen LogP contribution in [-0.4, -0.2) is 31.3 Å². The third-order valence-electron chi connectivity index (χ3n) is 2.00. The molecule has 3 N–H and O–H groups in total. The molecule has 0 bridgehead atoms. The topological polar surface area (TPSA) is 99.3 Å². The van der Waals surface area contributed by atoms with Crippen LogP contribution >= 0.6 is 0 Å². The highest BCUT2D eigenvalue weighted by molar-refractivity contribution is 6.00. The Morgan fingerprint density at radius 1 is 1.44 bits per heavy atom. The van der Waals surface area contributed by atoms with Crippen molar-refractivity contribution in [2.24, 2.45) is 0 Å². The molecule has 1 amide bonds. The number of amides is 1. The van der Waals surface area contributed by atoms with Crippen LogP contribution < -0.4 is 5.32 Å². The zero-order valence-electron chi connectivity index (χ0n) is 8.98. The van der Waals surface area contributed by atoms with Gasteiger partial charge in [0.1, 0.15) is 11.6 Å². The first-order valence-electron chi connectivity index (χ1n) is 4.90. The van der Waals surface area contributed by atoms with Crippen LogP contribution in [0, 0.1) is 0 Å². The van der Waals surface area contributed by atoms with Gasteiger partial charge in [0.15, 0.2) is 0 Å². The summed E-state index contributed by atoms with van der Waals surface area (Å²) in [5, 5.41) is 15.5. The maximum absolute atomic E-state index is 11.6. The molecule has 0 fully saturated rings. The molecule has 2 heterocycles. The highest BCUT2D eigenvalue weighted by atomic mass is 16.2. The van der Waals surface area contributed by atoms with Crippen LogP contribution in [0.25, 0.3) is 0 Å². The molecule has 16 heavy (non-hydrogen) atoms. The smallest absolute Gasteiger partial charge is 0.296 e. The van der Waals surface area contributed by atoms with Crippen LogP contribution in [0.1, 0.15) is 36.2 Å². The Labute approximate surface area is 91.7 Å². The normalized spacial score (nSPS) is 10.7. The van der Waals surface area contributed by atoms with Crippen molar-refractivity contribution >= 4 is 11.7 Å². The molecule has 2 rings (SSSR count). The lowest BCUT2D eigenvalue weighted by Crippen LogP contribution is -2.14. The molecule has 0 radical (unpaired) electrons. The quantitative estimate of drug-likeness (QED) is 0.715. The molecule has 0 aromatic carbocycles. The van der Waals surface area contributed by atoms with Gasteiger partial charge in [-0.05, 0) is 0 Å². The van der Waals surface area contributed by atoms with Crippen molar-refractivity contribution in [1.29, 1.82) is 0 Å². The van der Waals surface area contributed by atoms with Gasteiger partial charge in [0.2, 0.25) is 5.82 Å². The molecule has 7 heteroatoms. The van der Waals surface area contributed by atoms with Crippen molar-refractivity contribution in [3.8, 4) is 0 Å². The van der Waals surface area contributed by atoms with Crippen molar-refractivity contribution < 1.29 is 4.79 Å². The number of hydrogen-bond donors (Lipinski definition) is 3. The van der Waals surface area contributed by atoms with Gasteiger partial charge in [0.25, 0.3) is 5.91 Å². The number of nitrogens with zero attached hydrogens (tertiary/aromatic N) is 3. The first-order chi connectivity index (χ1) is 7.66. The highest BCUT2D eigenvalue weighted by Gasteiger charge is 2.14. The Morgan fingerprint density at radius 2 is 2.25 bits per heavy atom. The molecule has 0 unspecified atom stereocenters. The van der Waals surface area contributed by atoms with E-state index in [-0.39, 0.29) is 17.6 Å². The molecule has 0 atom stereocenters. The number of aromatic amines is 2. The third kappa shape index (κ3) is 2.08.